The fraction of sp³-hybridized carbons (Fsp3) is 0.562. The first-order valence-electron chi connectivity index (χ1n) is 7.76. The van der Waals surface area contributed by atoms with E-state index in [1.807, 2.05) is 0 Å². The number of urea groups is 1. The molecule has 3 N–H and O–H groups in total. The van der Waals surface area contributed by atoms with Crippen LogP contribution >= 0.6 is 0 Å². The van der Waals surface area contributed by atoms with E-state index in [1.165, 1.54) is 6.07 Å². The lowest BCUT2D eigenvalue weighted by molar-refractivity contribution is 0.0917. The molecular formula is C16H24FN3O2. The van der Waals surface area contributed by atoms with E-state index in [1.54, 1.807) is 19.1 Å². The zero-order chi connectivity index (χ0) is 15.9. The van der Waals surface area contributed by atoms with Gasteiger partial charge < -0.3 is 15.7 Å². The van der Waals surface area contributed by atoms with Crippen molar-refractivity contribution in [1.82, 2.24) is 10.2 Å². The number of carbonyl (C=O) groups is 1. The summed E-state index contributed by atoms with van der Waals surface area (Å²) in [5.74, 6) is -0.336. The molecule has 0 spiro atoms. The number of benzene rings is 1. The second kappa shape index (κ2) is 8.10. The van der Waals surface area contributed by atoms with Crippen LogP contribution < -0.4 is 10.6 Å². The number of hydrogen-bond donors (Lipinski definition) is 3. The van der Waals surface area contributed by atoms with Crippen molar-refractivity contribution >= 4 is 11.7 Å². The maximum atomic E-state index is 13.4. The fourth-order valence-electron chi connectivity index (χ4n) is 2.72. The van der Waals surface area contributed by atoms with Crippen LogP contribution in [0.25, 0.3) is 0 Å². The highest BCUT2D eigenvalue weighted by Gasteiger charge is 2.20. The van der Waals surface area contributed by atoms with Gasteiger partial charge in [0.15, 0.2) is 0 Å². The number of nitrogens with zero attached hydrogens (tertiary/aromatic N) is 1. The number of carbonyl (C=O) groups excluding carboxylic acids is 1. The van der Waals surface area contributed by atoms with Crippen molar-refractivity contribution in [3.63, 3.8) is 0 Å². The molecule has 1 heterocycles. The van der Waals surface area contributed by atoms with Crippen LogP contribution in [0.2, 0.25) is 0 Å². The van der Waals surface area contributed by atoms with Gasteiger partial charge in [0.25, 0.3) is 0 Å². The monoisotopic (exact) mass is 309 g/mol. The number of likely N-dealkylation sites (tertiary alicyclic amines) is 1. The van der Waals surface area contributed by atoms with Crippen molar-refractivity contribution in [1.29, 1.82) is 0 Å². The molecule has 2 amide bonds. The van der Waals surface area contributed by atoms with Gasteiger partial charge in [-0.1, -0.05) is 12.5 Å². The maximum Gasteiger partial charge on any atom is 0.319 e. The predicted molar refractivity (Wildman–Crippen MR) is 84.5 cm³/mol. The number of rotatable bonds is 5. The Labute approximate surface area is 130 Å². The number of amides is 2. The van der Waals surface area contributed by atoms with Gasteiger partial charge in [-0.2, -0.15) is 0 Å². The smallest absolute Gasteiger partial charge is 0.319 e. The van der Waals surface area contributed by atoms with E-state index in [9.17, 15) is 14.3 Å². The van der Waals surface area contributed by atoms with Crippen molar-refractivity contribution in [2.24, 2.45) is 0 Å². The van der Waals surface area contributed by atoms with Gasteiger partial charge in [0.2, 0.25) is 0 Å². The summed E-state index contributed by atoms with van der Waals surface area (Å²) in [6, 6.07) is 4.46. The van der Waals surface area contributed by atoms with E-state index < -0.39 is 0 Å². The second-order valence-corrected chi connectivity index (χ2v) is 5.71. The number of aliphatic hydroxyl groups excluding tert-OH is 1. The van der Waals surface area contributed by atoms with Crippen molar-refractivity contribution in [2.45, 2.75) is 32.2 Å². The van der Waals surface area contributed by atoms with Crippen LogP contribution in [0.4, 0.5) is 14.9 Å². The molecule has 0 unspecified atom stereocenters. The largest absolute Gasteiger partial charge is 0.395 e. The van der Waals surface area contributed by atoms with E-state index in [2.05, 4.69) is 15.5 Å². The lowest BCUT2D eigenvalue weighted by atomic mass is 10.0. The Morgan fingerprint density at radius 1 is 1.45 bits per heavy atom. The molecule has 1 aliphatic heterocycles. The van der Waals surface area contributed by atoms with Crippen LogP contribution in [-0.2, 0) is 0 Å². The fourth-order valence-corrected chi connectivity index (χ4v) is 2.72. The molecule has 1 saturated heterocycles. The third-order valence-electron chi connectivity index (χ3n) is 4.07. The SMILES string of the molecule is Cc1ccc(NC(=O)NCCN2CCCC[C@H]2CO)cc1F. The van der Waals surface area contributed by atoms with E-state index in [0.717, 1.165) is 25.8 Å². The van der Waals surface area contributed by atoms with Gasteiger partial charge in [0, 0.05) is 24.8 Å². The highest BCUT2D eigenvalue weighted by atomic mass is 19.1. The summed E-state index contributed by atoms with van der Waals surface area (Å²) in [6.45, 7) is 4.00. The normalized spacial score (nSPS) is 19.0. The summed E-state index contributed by atoms with van der Waals surface area (Å²) < 4.78 is 13.4. The number of anilines is 1. The third kappa shape index (κ3) is 4.68. The van der Waals surface area contributed by atoms with Crippen molar-refractivity contribution < 1.29 is 14.3 Å². The first-order valence-corrected chi connectivity index (χ1v) is 7.76. The van der Waals surface area contributed by atoms with Crippen LogP contribution in [0, 0.1) is 12.7 Å². The van der Waals surface area contributed by atoms with Gasteiger partial charge in [0.1, 0.15) is 5.82 Å². The van der Waals surface area contributed by atoms with Gasteiger partial charge >= 0.3 is 6.03 Å². The molecule has 0 radical (unpaired) electrons. The Bertz CT molecular complexity index is 510. The molecule has 0 aromatic heterocycles. The molecule has 1 aliphatic rings. The average molecular weight is 309 g/mol. The van der Waals surface area contributed by atoms with Crippen molar-refractivity contribution in [3.8, 4) is 0 Å². The molecule has 0 aliphatic carbocycles. The van der Waals surface area contributed by atoms with Crippen LogP contribution in [0.3, 0.4) is 0 Å². The Morgan fingerprint density at radius 3 is 3.00 bits per heavy atom. The first kappa shape index (κ1) is 16.7. The molecule has 122 valence electrons. The number of halogens is 1. The van der Waals surface area contributed by atoms with Crippen LogP contribution in [-0.4, -0.2) is 48.3 Å². The third-order valence-corrected chi connectivity index (χ3v) is 4.07. The lowest BCUT2D eigenvalue weighted by Crippen LogP contribution is -2.46. The van der Waals surface area contributed by atoms with Crippen molar-refractivity contribution in [3.05, 3.63) is 29.6 Å². The molecule has 1 fully saturated rings. The van der Waals surface area contributed by atoms with Gasteiger partial charge in [-0.25, -0.2) is 9.18 Å². The molecule has 2 rings (SSSR count). The summed E-state index contributed by atoms with van der Waals surface area (Å²) in [4.78, 5) is 14.0. The van der Waals surface area contributed by atoms with Crippen LogP contribution in [0.5, 0.6) is 0 Å². The minimum absolute atomic E-state index is 0.162. The molecular weight excluding hydrogens is 285 g/mol. The molecule has 1 aromatic rings. The number of hydrogen-bond acceptors (Lipinski definition) is 3. The van der Waals surface area contributed by atoms with Gasteiger partial charge in [-0.3, -0.25) is 4.90 Å². The first-order chi connectivity index (χ1) is 10.6. The molecule has 0 bridgehead atoms. The molecule has 1 aromatic carbocycles. The van der Waals surface area contributed by atoms with Crippen LogP contribution in [0.1, 0.15) is 24.8 Å². The maximum absolute atomic E-state index is 13.4. The topological polar surface area (TPSA) is 64.6 Å². The number of aliphatic hydroxyl groups is 1. The number of aryl methyl sites for hydroxylation is 1. The lowest BCUT2D eigenvalue weighted by Gasteiger charge is -2.34. The van der Waals surface area contributed by atoms with E-state index >= 15 is 0 Å². The molecule has 1 atom stereocenters. The average Bonchev–Trinajstić information content (AvgIpc) is 2.51. The summed E-state index contributed by atoms with van der Waals surface area (Å²) in [6.07, 6.45) is 3.28. The zero-order valence-corrected chi connectivity index (χ0v) is 12.9. The Morgan fingerprint density at radius 2 is 2.27 bits per heavy atom. The molecule has 22 heavy (non-hydrogen) atoms. The molecule has 5 nitrogen and oxygen atoms in total. The Kier molecular flexibility index (Phi) is 6.15. The predicted octanol–water partition coefficient (Wildman–Crippen LogP) is 2.10. The van der Waals surface area contributed by atoms with Gasteiger partial charge in [-0.05, 0) is 44.0 Å². The second-order valence-electron chi connectivity index (χ2n) is 5.71. The highest BCUT2D eigenvalue weighted by Crippen LogP contribution is 2.16. The molecule has 6 heteroatoms. The van der Waals surface area contributed by atoms with E-state index in [0.29, 0.717) is 24.3 Å². The Balaban J connectivity index is 1.74. The summed E-state index contributed by atoms with van der Waals surface area (Å²) in [7, 11) is 0. The standard InChI is InChI=1S/C16H24FN3O2/c1-12-5-6-13(10-15(12)17)19-16(22)18-7-9-20-8-3-2-4-14(20)11-21/h5-6,10,14,21H,2-4,7-9,11H2,1H3,(H2,18,19,22)/t14-/m0/s1. The van der Waals surface area contributed by atoms with Crippen molar-refractivity contribution in [2.75, 3.05) is 31.6 Å². The van der Waals surface area contributed by atoms with E-state index in [4.69, 9.17) is 0 Å². The summed E-state index contributed by atoms with van der Waals surface area (Å²) >= 11 is 0. The van der Waals surface area contributed by atoms with Gasteiger partial charge in [0.05, 0.1) is 6.61 Å². The number of nitrogens with one attached hydrogen (secondary N) is 2. The minimum atomic E-state index is -0.346. The number of piperidine rings is 1. The van der Waals surface area contributed by atoms with Crippen LogP contribution in [0.15, 0.2) is 18.2 Å². The zero-order valence-electron chi connectivity index (χ0n) is 12.9. The van der Waals surface area contributed by atoms with E-state index in [-0.39, 0.29) is 24.5 Å². The molecule has 0 saturated carbocycles. The highest BCUT2D eigenvalue weighted by molar-refractivity contribution is 5.89. The minimum Gasteiger partial charge on any atom is -0.395 e. The van der Waals surface area contributed by atoms with Gasteiger partial charge in [-0.15, -0.1) is 0 Å². The summed E-state index contributed by atoms with van der Waals surface area (Å²) in [5.41, 5.74) is 0.984. The summed E-state index contributed by atoms with van der Waals surface area (Å²) in [5, 5.41) is 14.7. The Hall–Kier alpha value is -1.66. The quantitative estimate of drug-likeness (QED) is 0.780.